The molecule has 6 heteroatoms. The Balaban J connectivity index is 1.93. The van der Waals surface area contributed by atoms with Crippen molar-refractivity contribution in [2.75, 3.05) is 6.54 Å². The van der Waals surface area contributed by atoms with E-state index in [1.165, 1.54) is 24.3 Å². The van der Waals surface area contributed by atoms with Crippen molar-refractivity contribution < 1.29 is 9.18 Å². The lowest BCUT2D eigenvalue weighted by Gasteiger charge is -2.32. The van der Waals surface area contributed by atoms with E-state index in [-0.39, 0.29) is 17.4 Å². The summed E-state index contributed by atoms with van der Waals surface area (Å²) in [6.45, 7) is 8.34. The van der Waals surface area contributed by atoms with Crippen molar-refractivity contribution in [1.29, 1.82) is 0 Å². The van der Waals surface area contributed by atoms with E-state index in [1.54, 1.807) is 15.5 Å². The Labute approximate surface area is 198 Å². The lowest BCUT2D eigenvalue weighted by molar-refractivity contribution is 0.0655. The van der Waals surface area contributed by atoms with Gasteiger partial charge in [-0.2, -0.15) is 0 Å². The first-order chi connectivity index (χ1) is 16.3. The highest BCUT2D eigenvalue weighted by Crippen LogP contribution is 2.26. The van der Waals surface area contributed by atoms with Gasteiger partial charge in [-0.1, -0.05) is 44.2 Å². The summed E-state index contributed by atoms with van der Waals surface area (Å²) in [6.07, 6.45) is 0. The summed E-state index contributed by atoms with van der Waals surface area (Å²) in [4.78, 5) is 33.9. The molecule has 174 valence electrons. The molecule has 1 amide bonds. The van der Waals surface area contributed by atoms with Gasteiger partial charge in [0, 0.05) is 12.1 Å². The van der Waals surface area contributed by atoms with Crippen LogP contribution in [-0.2, 0) is 0 Å². The Kier molecular flexibility index (Phi) is 6.59. The molecule has 0 N–H and O–H groups in total. The largest absolute Gasteiger partial charge is 0.328 e. The van der Waals surface area contributed by atoms with E-state index < -0.39 is 11.9 Å². The zero-order valence-corrected chi connectivity index (χ0v) is 19.8. The molecule has 1 aromatic heterocycles. The van der Waals surface area contributed by atoms with Gasteiger partial charge in [0.2, 0.25) is 0 Å². The summed E-state index contributed by atoms with van der Waals surface area (Å²) in [6, 6.07) is 19.9. The van der Waals surface area contributed by atoms with Crippen LogP contribution in [0.25, 0.3) is 16.6 Å². The van der Waals surface area contributed by atoms with E-state index in [0.717, 1.165) is 11.3 Å². The number of rotatable bonds is 6. The number of para-hydroxylation sites is 2. The predicted octanol–water partition coefficient (Wildman–Crippen LogP) is 5.69. The topological polar surface area (TPSA) is 55.2 Å². The number of fused-ring (bicyclic) bond motifs is 1. The van der Waals surface area contributed by atoms with Gasteiger partial charge in [-0.25, -0.2) is 9.37 Å². The molecule has 0 aliphatic rings. The average molecular weight is 458 g/mol. The molecule has 0 aliphatic heterocycles. The van der Waals surface area contributed by atoms with Crippen LogP contribution in [0.3, 0.4) is 0 Å². The van der Waals surface area contributed by atoms with Crippen molar-refractivity contribution in [3.63, 3.8) is 0 Å². The van der Waals surface area contributed by atoms with E-state index in [0.29, 0.717) is 28.8 Å². The van der Waals surface area contributed by atoms with Crippen LogP contribution in [0.15, 0.2) is 77.6 Å². The summed E-state index contributed by atoms with van der Waals surface area (Å²) >= 11 is 0. The minimum atomic E-state index is -0.517. The molecule has 1 atom stereocenters. The minimum Gasteiger partial charge on any atom is -0.328 e. The number of aromatic nitrogens is 2. The molecule has 0 spiro atoms. The van der Waals surface area contributed by atoms with Gasteiger partial charge in [0.25, 0.3) is 11.5 Å². The number of hydrogen-bond acceptors (Lipinski definition) is 3. The van der Waals surface area contributed by atoms with Gasteiger partial charge in [0.05, 0.1) is 22.6 Å². The van der Waals surface area contributed by atoms with Crippen molar-refractivity contribution in [2.24, 2.45) is 5.92 Å². The third-order valence-electron chi connectivity index (χ3n) is 5.91. The van der Waals surface area contributed by atoms with Crippen LogP contribution in [-0.4, -0.2) is 26.9 Å². The molecule has 0 saturated heterocycles. The Morgan fingerprint density at radius 1 is 0.971 bits per heavy atom. The summed E-state index contributed by atoms with van der Waals surface area (Å²) in [5.41, 5.74) is 2.44. The first kappa shape index (κ1) is 23.4. The second kappa shape index (κ2) is 9.59. The number of carbonyl (C=O) groups is 1. The van der Waals surface area contributed by atoms with Crippen LogP contribution < -0.4 is 5.56 Å². The van der Waals surface area contributed by atoms with Gasteiger partial charge in [-0.3, -0.25) is 14.2 Å². The Bertz CT molecular complexity index is 1390. The third-order valence-corrected chi connectivity index (χ3v) is 5.91. The van der Waals surface area contributed by atoms with Crippen molar-refractivity contribution >= 4 is 16.8 Å². The van der Waals surface area contributed by atoms with Gasteiger partial charge >= 0.3 is 0 Å². The van der Waals surface area contributed by atoms with Crippen LogP contribution in [0.5, 0.6) is 0 Å². The smallest absolute Gasteiger partial charge is 0.266 e. The highest BCUT2D eigenvalue weighted by atomic mass is 19.1. The lowest BCUT2D eigenvalue weighted by Crippen LogP contribution is -2.39. The molecule has 34 heavy (non-hydrogen) atoms. The number of aryl methyl sites for hydroxylation is 1. The predicted molar refractivity (Wildman–Crippen MR) is 133 cm³/mol. The van der Waals surface area contributed by atoms with Crippen LogP contribution in [0.4, 0.5) is 4.39 Å². The van der Waals surface area contributed by atoms with Crippen LogP contribution in [0.1, 0.15) is 48.6 Å². The number of amides is 1. The molecule has 0 saturated carbocycles. The maximum atomic E-state index is 13.7. The fraction of sp³-hybridized carbons (Fsp3) is 0.250. The lowest BCUT2D eigenvalue weighted by atomic mass is 10.1. The van der Waals surface area contributed by atoms with Crippen molar-refractivity contribution in [1.82, 2.24) is 14.5 Å². The fourth-order valence-corrected chi connectivity index (χ4v) is 4.19. The standard InChI is InChI=1S/C28H28FN3O2/c1-18(2)17-31(27(33)21-13-15-22(29)16-14-21)20(4)26-30-24-11-7-6-10-23(24)28(34)32(26)25-12-8-5-9-19(25)3/h5-16,18,20H,17H2,1-4H3. The van der Waals surface area contributed by atoms with Gasteiger partial charge < -0.3 is 4.90 Å². The summed E-state index contributed by atoms with van der Waals surface area (Å²) in [7, 11) is 0. The van der Waals surface area contributed by atoms with Crippen LogP contribution in [0, 0.1) is 18.7 Å². The number of carbonyl (C=O) groups excluding carboxylic acids is 1. The number of hydrogen-bond donors (Lipinski definition) is 0. The first-order valence-electron chi connectivity index (χ1n) is 11.4. The SMILES string of the molecule is Cc1ccccc1-n1c(C(C)N(CC(C)C)C(=O)c2ccc(F)cc2)nc2ccccc2c1=O. The van der Waals surface area contributed by atoms with Crippen LogP contribution in [0.2, 0.25) is 0 Å². The molecule has 5 nitrogen and oxygen atoms in total. The van der Waals surface area contributed by atoms with E-state index in [2.05, 4.69) is 0 Å². The third kappa shape index (κ3) is 4.49. The number of nitrogens with zero attached hydrogens (tertiary/aromatic N) is 3. The monoisotopic (exact) mass is 457 g/mol. The van der Waals surface area contributed by atoms with E-state index >= 15 is 0 Å². The summed E-state index contributed by atoms with van der Waals surface area (Å²) in [5.74, 6) is 0.0181. The van der Waals surface area contributed by atoms with Crippen LogP contribution >= 0.6 is 0 Å². The maximum absolute atomic E-state index is 13.7. The molecule has 1 unspecified atom stereocenters. The zero-order valence-electron chi connectivity index (χ0n) is 19.8. The van der Waals surface area contributed by atoms with Crippen molar-refractivity contribution in [3.8, 4) is 5.69 Å². The quantitative estimate of drug-likeness (QED) is 0.374. The number of halogens is 1. The molecule has 1 heterocycles. The molecule has 4 aromatic rings. The minimum absolute atomic E-state index is 0.172. The van der Waals surface area contributed by atoms with Gasteiger partial charge in [0.15, 0.2) is 0 Å². The highest BCUT2D eigenvalue weighted by Gasteiger charge is 2.28. The molecule has 0 radical (unpaired) electrons. The fourth-order valence-electron chi connectivity index (χ4n) is 4.19. The van der Waals surface area contributed by atoms with Gasteiger partial charge in [-0.05, 0) is 67.8 Å². The normalized spacial score (nSPS) is 12.2. The van der Waals surface area contributed by atoms with E-state index in [1.807, 2.05) is 70.2 Å². The summed E-state index contributed by atoms with van der Waals surface area (Å²) in [5, 5.41) is 0.516. The molecular formula is C28H28FN3O2. The Morgan fingerprint density at radius 3 is 2.29 bits per heavy atom. The highest BCUT2D eigenvalue weighted by molar-refractivity contribution is 5.94. The first-order valence-corrected chi connectivity index (χ1v) is 11.4. The van der Waals surface area contributed by atoms with Crippen molar-refractivity contribution in [3.05, 3.63) is 106 Å². The molecule has 0 aliphatic carbocycles. The zero-order chi connectivity index (χ0) is 24.4. The van der Waals surface area contributed by atoms with E-state index in [9.17, 15) is 14.0 Å². The number of benzene rings is 3. The summed E-state index contributed by atoms with van der Waals surface area (Å²) < 4.78 is 15.1. The molecule has 0 bridgehead atoms. The van der Waals surface area contributed by atoms with E-state index in [4.69, 9.17) is 4.98 Å². The van der Waals surface area contributed by atoms with Crippen molar-refractivity contribution in [2.45, 2.75) is 33.7 Å². The molecule has 4 rings (SSSR count). The Morgan fingerprint density at radius 2 is 1.62 bits per heavy atom. The molecule has 0 fully saturated rings. The molecular weight excluding hydrogens is 429 g/mol. The van der Waals surface area contributed by atoms with Gasteiger partial charge in [-0.15, -0.1) is 0 Å². The molecule has 3 aromatic carbocycles. The second-order valence-corrected chi connectivity index (χ2v) is 8.95. The van der Waals surface area contributed by atoms with Gasteiger partial charge in [0.1, 0.15) is 11.6 Å². The maximum Gasteiger partial charge on any atom is 0.266 e. The Hall–Kier alpha value is -3.80. The second-order valence-electron chi connectivity index (χ2n) is 8.95. The average Bonchev–Trinajstić information content (AvgIpc) is 2.83.